The van der Waals surface area contributed by atoms with Gasteiger partial charge in [-0.3, -0.25) is 0 Å². The van der Waals surface area contributed by atoms with E-state index >= 15 is 0 Å². The lowest BCUT2D eigenvalue weighted by Gasteiger charge is -2.31. The van der Waals surface area contributed by atoms with Crippen LogP contribution in [-0.4, -0.2) is 11.3 Å². The summed E-state index contributed by atoms with van der Waals surface area (Å²) in [7, 11) is 0. The van der Waals surface area contributed by atoms with Gasteiger partial charge in [0.2, 0.25) is 0 Å². The zero-order chi connectivity index (χ0) is 16.2. The van der Waals surface area contributed by atoms with Gasteiger partial charge in [-0.05, 0) is 37.3 Å². The van der Waals surface area contributed by atoms with E-state index < -0.39 is 11.8 Å². The first-order chi connectivity index (χ1) is 10.3. The monoisotopic (exact) mass is 308 g/mol. The van der Waals surface area contributed by atoms with E-state index in [1.165, 1.54) is 24.3 Å². The van der Waals surface area contributed by atoms with Crippen molar-refractivity contribution in [2.45, 2.75) is 38.0 Å². The summed E-state index contributed by atoms with van der Waals surface area (Å²) in [5.41, 5.74) is -0.812. The zero-order valence-corrected chi connectivity index (χ0v) is 12.4. The van der Waals surface area contributed by atoms with Crippen LogP contribution in [0.2, 0.25) is 0 Å². The number of hydrogen-bond acceptors (Lipinski definition) is 1. The summed E-state index contributed by atoms with van der Waals surface area (Å²) in [5, 5.41) is 10.2. The molecule has 118 valence electrons. The normalized spacial score (nSPS) is 14.6. The first kappa shape index (κ1) is 16.6. The van der Waals surface area contributed by atoms with Gasteiger partial charge in [-0.2, -0.15) is 13.2 Å². The fourth-order valence-electron chi connectivity index (χ4n) is 2.47. The van der Waals surface area contributed by atoms with Crippen LogP contribution >= 0.6 is 0 Å². The standard InChI is InChI=1S/C18H19F3O/c1-14-9-11-15(12-10-14)6-5-13-17(22,18(19,20)21)16-7-3-2-4-8-16/h2-4,7-12,22H,5-6,13H2,1H3. The van der Waals surface area contributed by atoms with Crippen molar-refractivity contribution in [1.29, 1.82) is 0 Å². The van der Waals surface area contributed by atoms with Gasteiger partial charge in [0.1, 0.15) is 0 Å². The molecule has 2 aromatic rings. The zero-order valence-electron chi connectivity index (χ0n) is 12.4. The van der Waals surface area contributed by atoms with E-state index in [1.807, 2.05) is 31.2 Å². The van der Waals surface area contributed by atoms with E-state index in [0.29, 0.717) is 6.42 Å². The quantitative estimate of drug-likeness (QED) is 0.843. The Morgan fingerprint density at radius 2 is 1.50 bits per heavy atom. The molecule has 0 radical (unpaired) electrons. The summed E-state index contributed by atoms with van der Waals surface area (Å²) in [6, 6.07) is 15.0. The second-order valence-electron chi connectivity index (χ2n) is 5.56. The number of rotatable bonds is 5. The second kappa shape index (κ2) is 6.53. The summed E-state index contributed by atoms with van der Waals surface area (Å²) in [4.78, 5) is 0. The van der Waals surface area contributed by atoms with Crippen molar-refractivity contribution in [2.75, 3.05) is 0 Å². The highest BCUT2D eigenvalue weighted by Crippen LogP contribution is 2.42. The Balaban J connectivity index is 2.10. The Labute approximate surface area is 128 Å². The molecular formula is C18H19F3O. The van der Waals surface area contributed by atoms with Gasteiger partial charge in [0.05, 0.1) is 0 Å². The van der Waals surface area contributed by atoms with E-state index in [9.17, 15) is 18.3 Å². The molecule has 0 saturated carbocycles. The molecule has 2 aromatic carbocycles. The molecule has 1 unspecified atom stereocenters. The maximum atomic E-state index is 13.3. The van der Waals surface area contributed by atoms with Crippen molar-refractivity contribution in [3.05, 3.63) is 71.3 Å². The van der Waals surface area contributed by atoms with Crippen molar-refractivity contribution >= 4 is 0 Å². The number of alkyl halides is 3. The molecule has 0 saturated heterocycles. The number of aliphatic hydroxyl groups is 1. The molecule has 0 aromatic heterocycles. The first-order valence-corrected chi connectivity index (χ1v) is 7.23. The Morgan fingerprint density at radius 3 is 2.05 bits per heavy atom. The molecule has 2 rings (SSSR count). The van der Waals surface area contributed by atoms with E-state index in [4.69, 9.17) is 0 Å². The molecule has 1 atom stereocenters. The van der Waals surface area contributed by atoms with E-state index in [0.717, 1.165) is 11.1 Å². The van der Waals surface area contributed by atoms with Crippen molar-refractivity contribution in [2.24, 2.45) is 0 Å². The largest absolute Gasteiger partial charge is 0.421 e. The lowest BCUT2D eigenvalue weighted by atomic mass is 9.87. The molecule has 0 spiro atoms. The molecule has 0 heterocycles. The van der Waals surface area contributed by atoms with Crippen molar-refractivity contribution in [3.8, 4) is 0 Å². The van der Waals surface area contributed by atoms with Gasteiger partial charge in [0, 0.05) is 0 Å². The number of halogens is 3. The molecule has 0 fully saturated rings. The third-order valence-electron chi connectivity index (χ3n) is 3.84. The fourth-order valence-corrected chi connectivity index (χ4v) is 2.47. The highest BCUT2D eigenvalue weighted by atomic mass is 19.4. The average molecular weight is 308 g/mol. The summed E-state index contributed by atoms with van der Waals surface area (Å²) in [5.74, 6) is 0. The molecular weight excluding hydrogens is 289 g/mol. The van der Waals surface area contributed by atoms with Gasteiger partial charge >= 0.3 is 6.18 Å². The molecule has 1 N–H and O–H groups in total. The highest BCUT2D eigenvalue weighted by Gasteiger charge is 2.54. The minimum Gasteiger partial charge on any atom is -0.376 e. The van der Waals surface area contributed by atoms with Crippen LogP contribution in [0.15, 0.2) is 54.6 Å². The van der Waals surface area contributed by atoms with Gasteiger partial charge in [0.15, 0.2) is 5.60 Å². The fraction of sp³-hybridized carbons (Fsp3) is 0.333. The van der Waals surface area contributed by atoms with Gasteiger partial charge < -0.3 is 5.11 Å². The number of aryl methyl sites for hydroxylation is 2. The van der Waals surface area contributed by atoms with Gasteiger partial charge in [-0.15, -0.1) is 0 Å². The third-order valence-corrected chi connectivity index (χ3v) is 3.84. The predicted octanol–water partition coefficient (Wildman–Crippen LogP) is 4.77. The van der Waals surface area contributed by atoms with Gasteiger partial charge in [-0.25, -0.2) is 0 Å². The van der Waals surface area contributed by atoms with Crippen LogP contribution in [0.3, 0.4) is 0 Å². The topological polar surface area (TPSA) is 20.2 Å². The van der Waals surface area contributed by atoms with Crippen LogP contribution in [0.25, 0.3) is 0 Å². The minimum absolute atomic E-state index is 0.105. The van der Waals surface area contributed by atoms with Crippen LogP contribution < -0.4 is 0 Å². The third kappa shape index (κ3) is 3.69. The molecule has 4 heteroatoms. The lowest BCUT2D eigenvalue weighted by molar-refractivity contribution is -0.269. The molecule has 0 amide bonds. The maximum absolute atomic E-state index is 13.3. The summed E-state index contributed by atoms with van der Waals surface area (Å²) >= 11 is 0. The van der Waals surface area contributed by atoms with Crippen LogP contribution in [0.1, 0.15) is 29.5 Å². The highest BCUT2D eigenvalue weighted by molar-refractivity contribution is 5.25. The SMILES string of the molecule is Cc1ccc(CCCC(O)(c2ccccc2)C(F)(F)F)cc1. The van der Waals surface area contributed by atoms with Crippen LogP contribution in [0.4, 0.5) is 13.2 Å². The Morgan fingerprint density at radius 1 is 0.909 bits per heavy atom. The Bertz CT molecular complexity index is 590. The van der Waals surface area contributed by atoms with Crippen LogP contribution in [-0.2, 0) is 12.0 Å². The van der Waals surface area contributed by atoms with Gasteiger partial charge in [0.25, 0.3) is 0 Å². The Hall–Kier alpha value is -1.81. The van der Waals surface area contributed by atoms with E-state index in [-0.39, 0.29) is 18.4 Å². The molecule has 0 aliphatic rings. The molecule has 1 nitrogen and oxygen atoms in total. The summed E-state index contributed by atoms with van der Waals surface area (Å²) in [6.45, 7) is 1.96. The van der Waals surface area contributed by atoms with Crippen molar-refractivity contribution in [1.82, 2.24) is 0 Å². The summed E-state index contributed by atoms with van der Waals surface area (Å²) in [6.07, 6.45) is -4.28. The average Bonchev–Trinajstić information content (AvgIpc) is 2.49. The summed E-state index contributed by atoms with van der Waals surface area (Å²) < 4.78 is 40.0. The Kier molecular flexibility index (Phi) is 4.91. The lowest BCUT2D eigenvalue weighted by Crippen LogP contribution is -2.42. The maximum Gasteiger partial charge on any atom is 0.421 e. The number of benzene rings is 2. The molecule has 0 aliphatic carbocycles. The number of hydrogen-bond donors (Lipinski definition) is 1. The van der Waals surface area contributed by atoms with Crippen LogP contribution in [0.5, 0.6) is 0 Å². The minimum atomic E-state index is -4.69. The second-order valence-corrected chi connectivity index (χ2v) is 5.56. The van der Waals surface area contributed by atoms with Crippen LogP contribution in [0, 0.1) is 6.92 Å². The smallest absolute Gasteiger partial charge is 0.376 e. The molecule has 0 bridgehead atoms. The first-order valence-electron chi connectivity index (χ1n) is 7.23. The van der Waals surface area contributed by atoms with Crippen molar-refractivity contribution < 1.29 is 18.3 Å². The van der Waals surface area contributed by atoms with E-state index in [1.54, 1.807) is 6.07 Å². The predicted molar refractivity (Wildman–Crippen MR) is 80.5 cm³/mol. The van der Waals surface area contributed by atoms with Gasteiger partial charge in [-0.1, -0.05) is 60.2 Å². The van der Waals surface area contributed by atoms with Crippen molar-refractivity contribution in [3.63, 3.8) is 0 Å². The molecule has 22 heavy (non-hydrogen) atoms. The molecule has 0 aliphatic heterocycles. The van der Waals surface area contributed by atoms with E-state index in [2.05, 4.69) is 0 Å².